The van der Waals surface area contributed by atoms with E-state index in [0.717, 1.165) is 0 Å². The Morgan fingerprint density at radius 3 is 1.28 bits per heavy atom. The van der Waals surface area contributed by atoms with E-state index in [0.29, 0.717) is 0 Å². The number of nitrogens with zero attached hydrogens (tertiary/aromatic N) is 2. The lowest BCUT2D eigenvalue weighted by Gasteiger charge is -2.21. The Morgan fingerprint density at radius 2 is 0.681 bits per heavy atom. The molecule has 0 unspecified atom stereocenters. The Hall–Kier alpha value is -7.75. The zero-order chi connectivity index (χ0) is 47.1. The first-order valence-electron chi connectivity index (χ1n) is 24.3. The minimum absolute atomic E-state index is 1.17. The number of fused-ring (bicyclic) bond motifs is 6. The van der Waals surface area contributed by atoms with E-state index in [1.807, 2.05) is 0 Å². The summed E-state index contributed by atoms with van der Waals surface area (Å²) in [5, 5.41) is 5.17. The van der Waals surface area contributed by atoms with Crippen molar-refractivity contribution in [2.75, 3.05) is 0 Å². The van der Waals surface area contributed by atoms with E-state index < -0.39 is 0 Å². The Kier molecular flexibility index (Phi) is 10.4. The minimum atomic E-state index is 1.17. The number of hydrogen-bond donors (Lipinski definition) is 0. The average molecular weight is 872 g/mol. The van der Waals surface area contributed by atoms with Crippen molar-refractivity contribution in [1.82, 2.24) is 9.13 Å². The highest BCUT2D eigenvalue weighted by atomic mass is 15.0. The standard InChI is InChI=1S/C60H47B7N2/c61-52-49(40-27-30-48-44(33-40)43-32-39(35-17-7-2-8-18-35)26-29-47(43)68(48)45-24-14-13-23-41(45)36-19-9-3-10-20-36)53(62)57(66)59-50(52)51-54(63)55(64)56(65)58(67)60(51)69(59)46-28-25-38(34-15-5-1-6-16-34)31-42(46)37-21-11-4-12-22-37/h1-33H,61-67H2. The molecule has 69 heavy (non-hydrogen) atoms. The minimum Gasteiger partial charge on any atom is -0.310 e. The molecule has 12 aromatic rings. The summed E-state index contributed by atoms with van der Waals surface area (Å²) in [6, 6.07) is 73.5. The van der Waals surface area contributed by atoms with Crippen LogP contribution < -0.4 is 38.2 Å². The number of benzene rings is 10. The molecular weight excluding hydrogens is 824 g/mol. The molecule has 0 saturated carbocycles. The van der Waals surface area contributed by atoms with Gasteiger partial charge in [-0.15, -0.1) is 5.46 Å². The zero-order valence-electron chi connectivity index (χ0n) is 40.4. The summed E-state index contributed by atoms with van der Waals surface area (Å²) >= 11 is 0. The van der Waals surface area contributed by atoms with Gasteiger partial charge in [-0.1, -0.05) is 191 Å². The fourth-order valence-electron chi connectivity index (χ4n) is 11.6. The van der Waals surface area contributed by atoms with Crippen LogP contribution in [0.25, 0.3) is 111 Å². The second-order valence-corrected chi connectivity index (χ2v) is 19.0. The second-order valence-electron chi connectivity index (χ2n) is 19.0. The Labute approximate surface area is 410 Å². The van der Waals surface area contributed by atoms with Gasteiger partial charge in [0.15, 0.2) is 0 Å². The van der Waals surface area contributed by atoms with E-state index in [2.05, 4.69) is 264 Å². The molecule has 0 fully saturated rings. The van der Waals surface area contributed by atoms with Gasteiger partial charge in [0.05, 0.1) is 22.4 Å². The first-order valence-corrected chi connectivity index (χ1v) is 24.3. The summed E-state index contributed by atoms with van der Waals surface area (Å²) < 4.78 is 5.11. The fourth-order valence-corrected chi connectivity index (χ4v) is 11.6. The van der Waals surface area contributed by atoms with Crippen LogP contribution in [0.4, 0.5) is 0 Å². The van der Waals surface area contributed by atoms with Crippen LogP contribution in [-0.4, -0.2) is 64.1 Å². The van der Waals surface area contributed by atoms with Crippen molar-refractivity contribution >= 4 is 137 Å². The first kappa shape index (κ1) is 42.6. The van der Waals surface area contributed by atoms with Crippen LogP contribution in [0.5, 0.6) is 0 Å². The quantitative estimate of drug-likeness (QED) is 0.215. The highest BCUT2D eigenvalue weighted by Gasteiger charge is 2.27. The summed E-state index contributed by atoms with van der Waals surface area (Å²) in [6.07, 6.45) is 0. The number of aromatic nitrogens is 2. The summed E-state index contributed by atoms with van der Waals surface area (Å²) in [4.78, 5) is 0. The third kappa shape index (κ3) is 6.73. The maximum atomic E-state index is 2.63. The van der Waals surface area contributed by atoms with Gasteiger partial charge in [-0.3, -0.25) is 0 Å². The van der Waals surface area contributed by atoms with E-state index in [1.165, 1.54) is 149 Å². The number of hydrogen-bond acceptors (Lipinski definition) is 0. The first-order chi connectivity index (χ1) is 33.7. The van der Waals surface area contributed by atoms with Gasteiger partial charge in [-0.25, -0.2) is 0 Å². The van der Waals surface area contributed by atoms with Crippen LogP contribution in [0.15, 0.2) is 200 Å². The van der Waals surface area contributed by atoms with Crippen LogP contribution >= 0.6 is 0 Å². The van der Waals surface area contributed by atoms with E-state index in [-0.39, 0.29) is 0 Å². The molecule has 2 aromatic heterocycles. The van der Waals surface area contributed by atoms with Crippen molar-refractivity contribution in [3.8, 4) is 67.0 Å². The highest BCUT2D eigenvalue weighted by molar-refractivity contribution is 6.69. The van der Waals surface area contributed by atoms with Crippen molar-refractivity contribution in [3.63, 3.8) is 0 Å². The molecule has 0 amide bonds. The highest BCUT2D eigenvalue weighted by Crippen LogP contribution is 2.41. The van der Waals surface area contributed by atoms with Crippen LogP contribution in [0.2, 0.25) is 0 Å². The lowest BCUT2D eigenvalue weighted by molar-refractivity contribution is 1.18. The van der Waals surface area contributed by atoms with E-state index in [4.69, 9.17) is 0 Å². The summed E-state index contributed by atoms with van der Waals surface area (Å²) in [7, 11) is 16.4. The van der Waals surface area contributed by atoms with Gasteiger partial charge in [0.2, 0.25) is 0 Å². The SMILES string of the molecule is Bc1c(B)c(B)c2c(c1B)c1c(B)c(-c3ccc4c(c3)c3cc(-c5ccccc5)ccc3n4-c3ccccc3-c3ccccc3)c(B)c(B)c1n2-c1ccc(-c2ccccc2)cc1-c1ccccc1. The summed E-state index contributed by atoms with van der Waals surface area (Å²) in [5.41, 5.74) is 28.9. The van der Waals surface area contributed by atoms with Crippen LogP contribution in [0.3, 0.4) is 0 Å². The molecule has 10 aromatic carbocycles. The fraction of sp³-hybridized carbons (Fsp3) is 0. The van der Waals surface area contributed by atoms with E-state index in [9.17, 15) is 0 Å². The van der Waals surface area contributed by atoms with E-state index >= 15 is 0 Å². The predicted molar refractivity (Wildman–Crippen MR) is 320 cm³/mol. The molecule has 0 N–H and O–H groups in total. The molecule has 12 rings (SSSR count). The molecule has 2 heterocycles. The van der Waals surface area contributed by atoms with Gasteiger partial charge < -0.3 is 9.13 Å². The molecular formula is C60H47B7N2. The van der Waals surface area contributed by atoms with Crippen molar-refractivity contribution in [2.45, 2.75) is 0 Å². The molecule has 0 radical (unpaired) electrons. The van der Waals surface area contributed by atoms with Gasteiger partial charge in [-0.05, 0) is 92.4 Å². The van der Waals surface area contributed by atoms with Crippen molar-refractivity contribution in [2.24, 2.45) is 0 Å². The molecule has 0 spiro atoms. The van der Waals surface area contributed by atoms with Crippen molar-refractivity contribution in [3.05, 3.63) is 200 Å². The third-order valence-electron chi connectivity index (χ3n) is 15.5. The summed E-state index contributed by atoms with van der Waals surface area (Å²) in [6.45, 7) is 0. The largest absolute Gasteiger partial charge is 0.310 e. The lowest BCUT2D eigenvalue weighted by atomic mass is 9.64. The van der Waals surface area contributed by atoms with Crippen molar-refractivity contribution < 1.29 is 0 Å². The van der Waals surface area contributed by atoms with Gasteiger partial charge >= 0.3 is 0 Å². The lowest BCUT2D eigenvalue weighted by Crippen LogP contribution is -2.48. The normalized spacial score (nSPS) is 11.6. The molecule has 0 aliphatic heterocycles. The molecule has 318 valence electrons. The van der Waals surface area contributed by atoms with Gasteiger partial charge in [0.1, 0.15) is 54.9 Å². The Bertz CT molecular complexity index is 4010. The summed E-state index contributed by atoms with van der Waals surface area (Å²) in [5.74, 6) is 0. The molecule has 0 saturated heterocycles. The average Bonchev–Trinajstić information content (AvgIpc) is 3.93. The smallest absolute Gasteiger partial charge is 0.141 e. The predicted octanol–water partition coefficient (Wildman–Crippen LogP) is 4.02. The molecule has 0 bridgehead atoms. The molecule has 9 heteroatoms. The van der Waals surface area contributed by atoms with Gasteiger partial charge in [0, 0.05) is 38.3 Å². The Balaban J connectivity index is 1.15. The number of rotatable bonds is 7. The van der Waals surface area contributed by atoms with Crippen LogP contribution in [-0.2, 0) is 0 Å². The maximum absolute atomic E-state index is 2.63. The number of para-hydroxylation sites is 1. The second kappa shape index (κ2) is 16.8. The third-order valence-corrected chi connectivity index (χ3v) is 15.5. The van der Waals surface area contributed by atoms with E-state index in [1.54, 1.807) is 0 Å². The maximum Gasteiger partial charge on any atom is 0.141 e. The topological polar surface area (TPSA) is 9.86 Å². The van der Waals surface area contributed by atoms with Crippen LogP contribution in [0.1, 0.15) is 0 Å². The van der Waals surface area contributed by atoms with Crippen molar-refractivity contribution in [1.29, 1.82) is 0 Å². The molecule has 0 aliphatic carbocycles. The monoisotopic (exact) mass is 872 g/mol. The zero-order valence-corrected chi connectivity index (χ0v) is 40.4. The molecule has 0 aliphatic rings. The Morgan fingerprint density at radius 1 is 0.261 bits per heavy atom. The molecule has 0 atom stereocenters. The van der Waals surface area contributed by atoms with Gasteiger partial charge in [-0.2, -0.15) is 0 Å². The van der Waals surface area contributed by atoms with Crippen LogP contribution in [0, 0.1) is 0 Å². The van der Waals surface area contributed by atoms with Gasteiger partial charge in [0.25, 0.3) is 0 Å². The molecule has 2 nitrogen and oxygen atoms in total.